The fourth-order valence-corrected chi connectivity index (χ4v) is 1.91. The number of hydrogen-bond donors (Lipinski definition) is 2. The Morgan fingerprint density at radius 1 is 1.41 bits per heavy atom. The number of ether oxygens (including phenoxy) is 1. The summed E-state index contributed by atoms with van der Waals surface area (Å²) < 4.78 is 5.60. The Balaban J connectivity index is 1.92. The zero-order valence-corrected chi connectivity index (χ0v) is 10.2. The van der Waals surface area contributed by atoms with Crippen LogP contribution in [-0.4, -0.2) is 24.7 Å². The summed E-state index contributed by atoms with van der Waals surface area (Å²) >= 11 is 0. The van der Waals surface area contributed by atoms with E-state index in [4.69, 9.17) is 4.74 Å². The predicted molar refractivity (Wildman–Crippen MR) is 66.2 cm³/mol. The monoisotopic (exact) mass is 234 g/mol. The number of nitrogens with one attached hydrogen (secondary N) is 2. The lowest BCUT2D eigenvalue weighted by Gasteiger charge is -2.26. The van der Waals surface area contributed by atoms with E-state index in [1.165, 1.54) is 0 Å². The second kappa shape index (κ2) is 5.08. The van der Waals surface area contributed by atoms with Crippen molar-refractivity contribution in [1.29, 1.82) is 0 Å². The highest BCUT2D eigenvalue weighted by Gasteiger charge is 2.20. The normalized spacial score (nSPS) is 18.2. The summed E-state index contributed by atoms with van der Waals surface area (Å²) in [6.07, 6.45) is 0.821. The molecule has 0 saturated carbocycles. The van der Waals surface area contributed by atoms with Gasteiger partial charge in [-0.15, -0.1) is 0 Å². The molecule has 1 aliphatic heterocycles. The van der Waals surface area contributed by atoms with Crippen molar-refractivity contribution >= 4 is 6.03 Å². The molecule has 4 nitrogen and oxygen atoms in total. The maximum atomic E-state index is 11.6. The van der Waals surface area contributed by atoms with Crippen LogP contribution in [-0.2, 0) is 6.42 Å². The van der Waals surface area contributed by atoms with Crippen LogP contribution in [0.1, 0.15) is 19.4 Å². The Kier molecular flexibility index (Phi) is 3.52. The van der Waals surface area contributed by atoms with E-state index in [0.717, 1.165) is 17.7 Å². The Morgan fingerprint density at radius 3 is 2.94 bits per heavy atom. The molecule has 0 aromatic heterocycles. The van der Waals surface area contributed by atoms with Crippen LogP contribution in [0.2, 0.25) is 0 Å². The molecule has 2 rings (SSSR count). The topological polar surface area (TPSA) is 50.4 Å². The summed E-state index contributed by atoms with van der Waals surface area (Å²) in [7, 11) is 0. The number of carbonyl (C=O) groups is 1. The minimum atomic E-state index is -0.131. The fraction of sp³-hybridized carbons (Fsp3) is 0.462. The third-order valence-electron chi connectivity index (χ3n) is 2.63. The second-order valence-corrected chi connectivity index (χ2v) is 4.59. The summed E-state index contributed by atoms with van der Waals surface area (Å²) in [6, 6.07) is 7.99. The largest absolute Gasteiger partial charge is 0.491 e. The molecule has 0 fully saturated rings. The van der Waals surface area contributed by atoms with Gasteiger partial charge in [0.2, 0.25) is 0 Å². The van der Waals surface area contributed by atoms with Crippen LogP contribution in [0.15, 0.2) is 24.3 Å². The SMILES string of the molecule is CC(C)NC(=O)NC1COc2ccccc2C1. The molecule has 1 unspecified atom stereocenters. The summed E-state index contributed by atoms with van der Waals surface area (Å²) in [5.74, 6) is 0.926. The van der Waals surface area contributed by atoms with Gasteiger partial charge in [0.25, 0.3) is 0 Å². The van der Waals surface area contributed by atoms with E-state index in [0.29, 0.717) is 6.61 Å². The van der Waals surface area contributed by atoms with Crippen LogP contribution >= 0.6 is 0 Å². The molecular formula is C13H18N2O2. The van der Waals surface area contributed by atoms with Crippen LogP contribution in [0, 0.1) is 0 Å². The molecule has 1 aromatic rings. The first-order valence-corrected chi connectivity index (χ1v) is 5.93. The van der Waals surface area contributed by atoms with Crippen molar-refractivity contribution in [2.45, 2.75) is 32.4 Å². The lowest BCUT2D eigenvalue weighted by molar-refractivity contribution is 0.213. The van der Waals surface area contributed by atoms with Crippen molar-refractivity contribution in [3.05, 3.63) is 29.8 Å². The van der Waals surface area contributed by atoms with Crippen molar-refractivity contribution in [3.8, 4) is 5.75 Å². The van der Waals surface area contributed by atoms with Crippen LogP contribution in [0.4, 0.5) is 4.79 Å². The number of hydrogen-bond acceptors (Lipinski definition) is 2. The number of amides is 2. The molecular weight excluding hydrogens is 216 g/mol. The highest BCUT2D eigenvalue weighted by Crippen LogP contribution is 2.23. The van der Waals surface area contributed by atoms with Gasteiger partial charge in [0.05, 0.1) is 6.04 Å². The third kappa shape index (κ3) is 3.12. The highest BCUT2D eigenvalue weighted by atomic mass is 16.5. The lowest BCUT2D eigenvalue weighted by atomic mass is 10.0. The summed E-state index contributed by atoms with van der Waals surface area (Å²) in [5, 5.41) is 5.72. The maximum Gasteiger partial charge on any atom is 0.315 e. The standard InChI is InChI=1S/C13H18N2O2/c1-9(2)14-13(16)15-11-7-10-5-3-4-6-12(10)17-8-11/h3-6,9,11H,7-8H2,1-2H3,(H2,14,15,16). The molecule has 0 spiro atoms. The average molecular weight is 234 g/mol. The first-order chi connectivity index (χ1) is 8.15. The van der Waals surface area contributed by atoms with Crippen molar-refractivity contribution in [1.82, 2.24) is 10.6 Å². The molecule has 4 heteroatoms. The van der Waals surface area contributed by atoms with Crippen LogP contribution in [0.3, 0.4) is 0 Å². The van der Waals surface area contributed by atoms with Gasteiger partial charge in [0.1, 0.15) is 12.4 Å². The molecule has 0 aliphatic carbocycles. The summed E-state index contributed by atoms with van der Waals surface area (Å²) in [6.45, 7) is 4.40. The zero-order valence-electron chi connectivity index (χ0n) is 10.2. The Labute approximate surface area is 101 Å². The van der Waals surface area contributed by atoms with Gasteiger partial charge in [-0.1, -0.05) is 18.2 Å². The molecule has 92 valence electrons. The fourth-order valence-electron chi connectivity index (χ4n) is 1.91. The van der Waals surface area contributed by atoms with Gasteiger partial charge in [-0.05, 0) is 31.9 Å². The van der Waals surface area contributed by atoms with Gasteiger partial charge in [-0.25, -0.2) is 4.79 Å². The van der Waals surface area contributed by atoms with Gasteiger partial charge in [-0.3, -0.25) is 0 Å². The van der Waals surface area contributed by atoms with Gasteiger partial charge in [-0.2, -0.15) is 0 Å². The molecule has 0 saturated heterocycles. The molecule has 2 N–H and O–H groups in total. The number of urea groups is 1. The molecule has 0 radical (unpaired) electrons. The number of rotatable bonds is 2. The lowest BCUT2D eigenvalue weighted by Crippen LogP contribution is -2.48. The van der Waals surface area contributed by atoms with E-state index in [2.05, 4.69) is 10.6 Å². The minimum Gasteiger partial charge on any atom is -0.491 e. The van der Waals surface area contributed by atoms with E-state index >= 15 is 0 Å². The number of benzene rings is 1. The molecule has 1 heterocycles. The predicted octanol–water partition coefficient (Wildman–Crippen LogP) is 1.70. The molecule has 1 aromatic carbocycles. The van der Waals surface area contributed by atoms with E-state index in [-0.39, 0.29) is 18.1 Å². The zero-order chi connectivity index (χ0) is 12.3. The molecule has 2 amide bonds. The first kappa shape index (κ1) is 11.8. The Hall–Kier alpha value is -1.71. The maximum absolute atomic E-state index is 11.6. The molecule has 17 heavy (non-hydrogen) atoms. The minimum absolute atomic E-state index is 0.0450. The van der Waals surface area contributed by atoms with Crippen molar-refractivity contribution < 1.29 is 9.53 Å². The smallest absolute Gasteiger partial charge is 0.315 e. The van der Waals surface area contributed by atoms with E-state index in [1.807, 2.05) is 38.1 Å². The quantitative estimate of drug-likeness (QED) is 0.818. The van der Waals surface area contributed by atoms with Crippen LogP contribution in [0.5, 0.6) is 5.75 Å². The molecule has 1 aliphatic rings. The van der Waals surface area contributed by atoms with Crippen molar-refractivity contribution in [2.24, 2.45) is 0 Å². The Bertz CT molecular complexity index is 404. The first-order valence-electron chi connectivity index (χ1n) is 5.93. The number of carbonyl (C=O) groups excluding carboxylic acids is 1. The second-order valence-electron chi connectivity index (χ2n) is 4.59. The van der Waals surface area contributed by atoms with E-state index < -0.39 is 0 Å². The van der Waals surface area contributed by atoms with Gasteiger partial charge in [0, 0.05) is 6.04 Å². The molecule has 1 atom stereocenters. The summed E-state index contributed by atoms with van der Waals surface area (Å²) in [4.78, 5) is 11.6. The highest BCUT2D eigenvalue weighted by molar-refractivity contribution is 5.74. The summed E-state index contributed by atoms with van der Waals surface area (Å²) in [5.41, 5.74) is 1.15. The van der Waals surface area contributed by atoms with Crippen LogP contribution in [0.25, 0.3) is 0 Å². The van der Waals surface area contributed by atoms with Crippen molar-refractivity contribution in [3.63, 3.8) is 0 Å². The number of fused-ring (bicyclic) bond motifs is 1. The third-order valence-corrected chi connectivity index (χ3v) is 2.63. The van der Waals surface area contributed by atoms with Crippen LogP contribution < -0.4 is 15.4 Å². The van der Waals surface area contributed by atoms with Gasteiger partial charge in [0.15, 0.2) is 0 Å². The van der Waals surface area contributed by atoms with Gasteiger partial charge >= 0.3 is 6.03 Å². The van der Waals surface area contributed by atoms with Gasteiger partial charge < -0.3 is 15.4 Å². The van der Waals surface area contributed by atoms with E-state index in [1.54, 1.807) is 0 Å². The Morgan fingerprint density at radius 2 is 2.18 bits per heavy atom. The number of para-hydroxylation sites is 1. The average Bonchev–Trinajstić information content (AvgIpc) is 2.27. The van der Waals surface area contributed by atoms with E-state index in [9.17, 15) is 4.79 Å². The van der Waals surface area contributed by atoms with Crippen molar-refractivity contribution in [2.75, 3.05) is 6.61 Å². The molecule has 0 bridgehead atoms.